The van der Waals surface area contributed by atoms with E-state index < -0.39 is 0 Å². The molecule has 1 N–H and O–H groups in total. The minimum atomic E-state index is -0.277. The number of hydrogen-bond donors (Lipinski definition) is 1. The van der Waals surface area contributed by atoms with Crippen LogP contribution in [-0.4, -0.2) is 10.8 Å². The zero-order chi connectivity index (χ0) is 14.8. The van der Waals surface area contributed by atoms with Gasteiger partial charge in [0.15, 0.2) is 5.78 Å². The van der Waals surface area contributed by atoms with Crippen molar-refractivity contribution in [2.45, 2.75) is 39.0 Å². The van der Waals surface area contributed by atoms with Crippen LogP contribution in [0.1, 0.15) is 48.0 Å². The standard InChI is InChI=1S/C17H19NO2S/c1-11-13-9-10-21-17(13)18-16(20)15(11)14(19)8-7-12-5-3-2-4-6-12/h7-10,12H,2-6H2,1H3,(H,18,20)/b8-7+. The highest BCUT2D eigenvalue weighted by Gasteiger charge is 2.16. The number of ketones is 1. The highest BCUT2D eigenvalue weighted by Crippen LogP contribution is 2.25. The van der Waals surface area contributed by atoms with Gasteiger partial charge in [-0.3, -0.25) is 9.59 Å². The molecular weight excluding hydrogens is 282 g/mol. The van der Waals surface area contributed by atoms with Gasteiger partial charge in [-0.05, 0) is 48.8 Å². The number of carbonyl (C=O) groups is 1. The van der Waals surface area contributed by atoms with Gasteiger partial charge in [-0.15, -0.1) is 11.3 Å². The SMILES string of the molecule is Cc1c(C(=O)/C=C/C2CCCCC2)c(=O)[nH]c2sccc12. The van der Waals surface area contributed by atoms with Crippen LogP contribution in [0, 0.1) is 12.8 Å². The fourth-order valence-corrected chi connectivity index (χ4v) is 3.94. The lowest BCUT2D eigenvalue weighted by molar-refractivity contribution is 0.104. The lowest BCUT2D eigenvalue weighted by Crippen LogP contribution is -2.18. The maximum Gasteiger partial charge on any atom is 0.260 e. The third-order valence-electron chi connectivity index (χ3n) is 4.31. The predicted octanol–water partition coefficient (Wildman–Crippen LogP) is 4.22. The Bertz CT molecular complexity index is 748. The van der Waals surface area contributed by atoms with Crippen LogP contribution in [0.25, 0.3) is 10.2 Å². The van der Waals surface area contributed by atoms with Crippen molar-refractivity contribution in [3.8, 4) is 0 Å². The van der Waals surface area contributed by atoms with E-state index in [1.165, 1.54) is 30.6 Å². The van der Waals surface area contributed by atoms with E-state index in [9.17, 15) is 9.59 Å². The number of rotatable bonds is 3. The molecule has 2 aromatic rings. The van der Waals surface area contributed by atoms with E-state index in [4.69, 9.17) is 0 Å². The van der Waals surface area contributed by atoms with Gasteiger partial charge in [-0.25, -0.2) is 0 Å². The molecule has 0 atom stereocenters. The molecule has 0 spiro atoms. The monoisotopic (exact) mass is 301 g/mol. The largest absolute Gasteiger partial charge is 0.313 e. The number of aryl methyl sites for hydroxylation is 1. The van der Waals surface area contributed by atoms with Crippen LogP contribution in [-0.2, 0) is 0 Å². The fraction of sp³-hybridized carbons (Fsp3) is 0.412. The molecule has 21 heavy (non-hydrogen) atoms. The molecule has 0 aliphatic heterocycles. The van der Waals surface area contributed by atoms with Crippen molar-refractivity contribution in [1.82, 2.24) is 4.98 Å². The van der Waals surface area contributed by atoms with Gasteiger partial charge in [0.25, 0.3) is 5.56 Å². The summed E-state index contributed by atoms with van der Waals surface area (Å²) in [6.45, 7) is 1.85. The van der Waals surface area contributed by atoms with Crippen molar-refractivity contribution in [2.24, 2.45) is 5.92 Å². The molecule has 1 fully saturated rings. The smallest absolute Gasteiger partial charge is 0.260 e. The lowest BCUT2D eigenvalue weighted by Gasteiger charge is -2.17. The summed E-state index contributed by atoms with van der Waals surface area (Å²) in [5.74, 6) is 0.319. The second-order valence-electron chi connectivity index (χ2n) is 5.74. The van der Waals surface area contributed by atoms with Gasteiger partial charge in [0, 0.05) is 5.39 Å². The molecular formula is C17H19NO2S. The van der Waals surface area contributed by atoms with Crippen LogP contribution >= 0.6 is 11.3 Å². The number of thiophene rings is 1. The first kappa shape index (κ1) is 14.3. The molecule has 0 radical (unpaired) electrons. The van der Waals surface area contributed by atoms with Crippen LogP contribution in [0.4, 0.5) is 0 Å². The maximum atomic E-state index is 12.4. The third kappa shape index (κ3) is 2.86. The van der Waals surface area contributed by atoms with Crippen LogP contribution in [0.3, 0.4) is 0 Å². The second kappa shape index (κ2) is 5.98. The number of allylic oxidation sites excluding steroid dienone is 2. The van der Waals surface area contributed by atoms with Crippen LogP contribution in [0.15, 0.2) is 28.4 Å². The molecule has 1 aliphatic rings. The van der Waals surface area contributed by atoms with E-state index in [1.54, 1.807) is 6.08 Å². The lowest BCUT2D eigenvalue weighted by atomic mass is 9.88. The van der Waals surface area contributed by atoms with E-state index in [0.717, 1.165) is 28.6 Å². The van der Waals surface area contributed by atoms with Crippen molar-refractivity contribution in [3.05, 3.63) is 45.1 Å². The van der Waals surface area contributed by atoms with Crippen molar-refractivity contribution in [2.75, 3.05) is 0 Å². The van der Waals surface area contributed by atoms with Gasteiger partial charge in [0.2, 0.25) is 0 Å². The van der Waals surface area contributed by atoms with Gasteiger partial charge < -0.3 is 4.98 Å². The first-order chi connectivity index (χ1) is 10.2. The Labute approximate surface area is 127 Å². The van der Waals surface area contributed by atoms with E-state index >= 15 is 0 Å². The fourth-order valence-electron chi connectivity index (χ4n) is 3.10. The highest BCUT2D eigenvalue weighted by molar-refractivity contribution is 7.16. The molecule has 0 aromatic carbocycles. The van der Waals surface area contributed by atoms with Crippen molar-refractivity contribution < 1.29 is 4.79 Å². The van der Waals surface area contributed by atoms with E-state index in [0.29, 0.717) is 5.92 Å². The number of fused-ring (bicyclic) bond motifs is 1. The molecule has 110 valence electrons. The summed E-state index contributed by atoms with van der Waals surface area (Å²) in [6, 6.07) is 1.95. The Kier molecular flexibility index (Phi) is 4.06. The number of pyridine rings is 1. The number of aromatic amines is 1. The quantitative estimate of drug-likeness (QED) is 0.681. The molecule has 2 heterocycles. The van der Waals surface area contributed by atoms with Crippen LogP contribution in [0.5, 0.6) is 0 Å². The topological polar surface area (TPSA) is 49.9 Å². The van der Waals surface area contributed by atoms with Gasteiger partial charge >= 0.3 is 0 Å². The first-order valence-corrected chi connectivity index (χ1v) is 8.37. The highest BCUT2D eigenvalue weighted by atomic mass is 32.1. The summed E-state index contributed by atoms with van der Waals surface area (Å²) in [7, 11) is 0. The van der Waals surface area contributed by atoms with E-state index in [1.807, 2.05) is 24.4 Å². The number of nitrogens with one attached hydrogen (secondary N) is 1. The molecule has 0 bridgehead atoms. The first-order valence-electron chi connectivity index (χ1n) is 7.49. The summed E-state index contributed by atoms with van der Waals surface area (Å²) in [5.41, 5.74) is 0.794. The van der Waals surface area contributed by atoms with E-state index in [-0.39, 0.29) is 16.9 Å². The van der Waals surface area contributed by atoms with Gasteiger partial charge in [-0.2, -0.15) is 0 Å². The zero-order valence-corrected chi connectivity index (χ0v) is 13.0. The van der Waals surface area contributed by atoms with Crippen molar-refractivity contribution in [1.29, 1.82) is 0 Å². The molecule has 1 aliphatic carbocycles. The maximum absolute atomic E-state index is 12.4. The Morgan fingerprint density at radius 1 is 1.33 bits per heavy atom. The molecule has 1 saturated carbocycles. The predicted molar refractivity (Wildman–Crippen MR) is 87.2 cm³/mol. The van der Waals surface area contributed by atoms with Gasteiger partial charge in [-0.1, -0.05) is 25.3 Å². The number of aromatic nitrogens is 1. The second-order valence-corrected chi connectivity index (χ2v) is 6.66. The van der Waals surface area contributed by atoms with E-state index in [2.05, 4.69) is 4.98 Å². The average molecular weight is 301 g/mol. The molecule has 0 unspecified atom stereocenters. The molecule has 2 aromatic heterocycles. The van der Waals surface area contributed by atoms with Crippen molar-refractivity contribution >= 4 is 27.3 Å². The number of H-pyrrole nitrogens is 1. The summed E-state index contributed by atoms with van der Waals surface area (Å²) in [5, 5.41) is 2.90. The Morgan fingerprint density at radius 2 is 2.10 bits per heavy atom. The summed E-state index contributed by atoms with van der Waals surface area (Å²) < 4.78 is 0. The van der Waals surface area contributed by atoms with Gasteiger partial charge in [0.05, 0.1) is 5.56 Å². The summed E-state index contributed by atoms with van der Waals surface area (Å²) >= 11 is 1.49. The Morgan fingerprint density at radius 3 is 2.86 bits per heavy atom. The molecule has 3 rings (SSSR count). The molecule has 4 heteroatoms. The molecule has 0 saturated heterocycles. The molecule has 3 nitrogen and oxygen atoms in total. The van der Waals surface area contributed by atoms with Gasteiger partial charge in [0.1, 0.15) is 4.83 Å². The third-order valence-corrected chi connectivity index (χ3v) is 5.14. The Hall–Kier alpha value is -1.68. The normalized spacial score (nSPS) is 16.8. The minimum Gasteiger partial charge on any atom is -0.313 e. The number of carbonyl (C=O) groups excluding carboxylic acids is 1. The van der Waals surface area contributed by atoms with Crippen LogP contribution in [0.2, 0.25) is 0 Å². The minimum absolute atomic E-state index is 0.174. The zero-order valence-electron chi connectivity index (χ0n) is 12.1. The average Bonchev–Trinajstić information content (AvgIpc) is 2.94. The molecule has 0 amide bonds. The Balaban J connectivity index is 1.90. The number of hydrogen-bond acceptors (Lipinski definition) is 3. The summed E-state index contributed by atoms with van der Waals surface area (Å²) in [4.78, 5) is 28.2. The van der Waals surface area contributed by atoms with Crippen LogP contribution < -0.4 is 5.56 Å². The van der Waals surface area contributed by atoms with Crippen molar-refractivity contribution in [3.63, 3.8) is 0 Å². The summed E-state index contributed by atoms with van der Waals surface area (Å²) in [6.07, 6.45) is 9.69.